The first-order chi connectivity index (χ1) is 9.61. The molecule has 1 heterocycles. The lowest BCUT2D eigenvalue weighted by Crippen LogP contribution is -2.18. The molecule has 0 amide bonds. The summed E-state index contributed by atoms with van der Waals surface area (Å²) in [7, 11) is 1.94. The third-order valence-corrected chi connectivity index (χ3v) is 3.37. The molecule has 108 valence electrons. The number of hydrogen-bond acceptors (Lipinski definition) is 3. The standard InChI is InChI=1S/C16H23N3O/c1-5-17-13(3)15-8-6-7-9-16(15)20-11-14-10-12(2)18-19(14)4/h6-10,13,17H,5,11H2,1-4H3. The summed E-state index contributed by atoms with van der Waals surface area (Å²) in [4.78, 5) is 0. The van der Waals surface area contributed by atoms with E-state index in [9.17, 15) is 0 Å². The first-order valence-electron chi connectivity index (χ1n) is 7.06. The minimum Gasteiger partial charge on any atom is -0.487 e. The first kappa shape index (κ1) is 14.6. The Balaban J connectivity index is 2.11. The Labute approximate surface area is 120 Å². The van der Waals surface area contributed by atoms with Crippen molar-refractivity contribution in [2.24, 2.45) is 7.05 Å². The zero-order valence-corrected chi connectivity index (χ0v) is 12.7. The zero-order chi connectivity index (χ0) is 14.5. The van der Waals surface area contributed by atoms with E-state index < -0.39 is 0 Å². The molecule has 0 bridgehead atoms. The van der Waals surface area contributed by atoms with Gasteiger partial charge in [-0.15, -0.1) is 0 Å². The predicted molar refractivity (Wildman–Crippen MR) is 80.8 cm³/mol. The summed E-state index contributed by atoms with van der Waals surface area (Å²) in [5.41, 5.74) is 3.28. The normalized spacial score (nSPS) is 12.4. The summed E-state index contributed by atoms with van der Waals surface area (Å²) < 4.78 is 7.85. The second-order valence-corrected chi connectivity index (χ2v) is 5.01. The fourth-order valence-electron chi connectivity index (χ4n) is 2.34. The molecule has 4 nitrogen and oxygen atoms in total. The fourth-order valence-corrected chi connectivity index (χ4v) is 2.34. The van der Waals surface area contributed by atoms with E-state index in [1.54, 1.807) is 0 Å². The maximum Gasteiger partial charge on any atom is 0.130 e. The van der Waals surface area contributed by atoms with E-state index in [0.717, 1.165) is 23.7 Å². The van der Waals surface area contributed by atoms with Crippen LogP contribution >= 0.6 is 0 Å². The van der Waals surface area contributed by atoms with Gasteiger partial charge in [-0.25, -0.2) is 0 Å². The molecule has 1 unspecified atom stereocenters. The van der Waals surface area contributed by atoms with Crippen molar-refractivity contribution >= 4 is 0 Å². The maximum absolute atomic E-state index is 5.98. The van der Waals surface area contributed by atoms with E-state index in [2.05, 4.69) is 36.4 Å². The monoisotopic (exact) mass is 273 g/mol. The number of aromatic nitrogens is 2. The van der Waals surface area contributed by atoms with Crippen LogP contribution in [0.15, 0.2) is 30.3 Å². The molecule has 0 radical (unpaired) electrons. The quantitative estimate of drug-likeness (QED) is 0.879. The van der Waals surface area contributed by atoms with E-state index in [0.29, 0.717) is 6.61 Å². The van der Waals surface area contributed by atoms with Crippen LogP contribution in [0, 0.1) is 6.92 Å². The van der Waals surface area contributed by atoms with Crippen LogP contribution in [0.5, 0.6) is 5.75 Å². The highest BCUT2D eigenvalue weighted by Crippen LogP contribution is 2.25. The number of nitrogens with one attached hydrogen (secondary N) is 1. The van der Waals surface area contributed by atoms with Crippen LogP contribution in [0.3, 0.4) is 0 Å². The Hall–Kier alpha value is -1.81. The molecule has 0 aliphatic rings. The van der Waals surface area contributed by atoms with Gasteiger partial charge in [0.1, 0.15) is 12.4 Å². The summed E-state index contributed by atoms with van der Waals surface area (Å²) in [6, 6.07) is 10.5. The summed E-state index contributed by atoms with van der Waals surface area (Å²) in [5.74, 6) is 0.930. The van der Waals surface area contributed by atoms with Gasteiger partial charge in [-0.05, 0) is 32.5 Å². The van der Waals surface area contributed by atoms with Gasteiger partial charge < -0.3 is 10.1 Å². The van der Waals surface area contributed by atoms with Crippen molar-refractivity contribution in [3.8, 4) is 5.75 Å². The van der Waals surface area contributed by atoms with Crippen molar-refractivity contribution < 1.29 is 4.74 Å². The predicted octanol–water partition coefficient (Wildman–Crippen LogP) is 2.98. The van der Waals surface area contributed by atoms with E-state index >= 15 is 0 Å². The highest BCUT2D eigenvalue weighted by Gasteiger charge is 2.11. The van der Waals surface area contributed by atoms with Crippen molar-refractivity contribution in [3.05, 3.63) is 47.3 Å². The average molecular weight is 273 g/mol. The van der Waals surface area contributed by atoms with Crippen LogP contribution in [-0.2, 0) is 13.7 Å². The van der Waals surface area contributed by atoms with Gasteiger partial charge in [-0.3, -0.25) is 4.68 Å². The van der Waals surface area contributed by atoms with Gasteiger partial charge >= 0.3 is 0 Å². The minimum absolute atomic E-state index is 0.282. The molecule has 0 aliphatic carbocycles. The largest absolute Gasteiger partial charge is 0.487 e. The molecule has 1 aromatic heterocycles. The van der Waals surface area contributed by atoms with Crippen LogP contribution in [-0.4, -0.2) is 16.3 Å². The Morgan fingerprint density at radius 3 is 2.75 bits per heavy atom. The molecule has 1 atom stereocenters. The topological polar surface area (TPSA) is 39.1 Å². The van der Waals surface area contributed by atoms with Crippen molar-refractivity contribution in [1.82, 2.24) is 15.1 Å². The smallest absolute Gasteiger partial charge is 0.130 e. The van der Waals surface area contributed by atoms with Crippen LogP contribution < -0.4 is 10.1 Å². The van der Waals surface area contributed by atoms with Gasteiger partial charge in [0.15, 0.2) is 0 Å². The molecule has 0 spiro atoms. The molecule has 1 aromatic carbocycles. The van der Waals surface area contributed by atoms with Crippen LogP contribution in [0.25, 0.3) is 0 Å². The third kappa shape index (κ3) is 3.39. The van der Waals surface area contributed by atoms with Gasteiger partial charge in [-0.1, -0.05) is 25.1 Å². The number of ether oxygens (including phenoxy) is 1. The van der Waals surface area contributed by atoms with Crippen molar-refractivity contribution in [1.29, 1.82) is 0 Å². The fraction of sp³-hybridized carbons (Fsp3) is 0.438. The van der Waals surface area contributed by atoms with Gasteiger partial charge in [0.2, 0.25) is 0 Å². The molecule has 0 aliphatic heterocycles. The number of hydrogen-bond donors (Lipinski definition) is 1. The lowest BCUT2D eigenvalue weighted by molar-refractivity contribution is 0.289. The highest BCUT2D eigenvalue weighted by molar-refractivity contribution is 5.35. The summed E-state index contributed by atoms with van der Waals surface area (Å²) >= 11 is 0. The maximum atomic E-state index is 5.98. The zero-order valence-electron chi connectivity index (χ0n) is 12.7. The van der Waals surface area contributed by atoms with Crippen LogP contribution in [0.1, 0.15) is 36.8 Å². The lowest BCUT2D eigenvalue weighted by atomic mass is 10.1. The molecule has 0 fully saturated rings. The van der Waals surface area contributed by atoms with Crippen LogP contribution in [0.4, 0.5) is 0 Å². The number of rotatable bonds is 6. The molecule has 2 rings (SSSR count). The van der Waals surface area contributed by atoms with E-state index in [1.165, 1.54) is 5.56 Å². The van der Waals surface area contributed by atoms with E-state index in [4.69, 9.17) is 4.74 Å². The van der Waals surface area contributed by atoms with Crippen LogP contribution in [0.2, 0.25) is 0 Å². The van der Waals surface area contributed by atoms with Crippen molar-refractivity contribution in [2.75, 3.05) is 6.54 Å². The molecular weight excluding hydrogens is 250 g/mol. The summed E-state index contributed by atoms with van der Waals surface area (Å²) in [6.07, 6.45) is 0. The summed E-state index contributed by atoms with van der Waals surface area (Å²) in [5, 5.41) is 7.75. The number of benzene rings is 1. The molecule has 4 heteroatoms. The number of para-hydroxylation sites is 1. The Bertz CT molecular complexity index is 563. The third-order valence-electron chi connectivity index (χ3n) is 3.37. The Kier molecular flexibility index (Phi) is 4.79. The summed E-state index contributed by atoms with van der Waals surface area (Å²) in [6.45, 7) is 7.73. The average Bonchev–Trinajstić information content (AvgIpc) is 2.75. The van der Waals surface area contributed by atoms with E-state index in [-0.39, 0.29) is 6.04 Å². The molecule has 20 heavy (non-hydrogen) atoms. The second-order valence-electron chi connectivity index (χ2n) is 5.01. The second kappa shape index (κ2) is 6.57. The highest BCUT2D eigenvalue weighted by atomic mass is 16.5. The van der Waals surface area contributed by atoms with Gasteiger partial charge in [0, 0.05) is 18.7 Å². The molecule has 0 saturated carbocycles. The molecule has 1 N–H and O–H groups in total. The first-order valence-corrected chi connectivity index (χ1v) is 7.06. The Morgan fingerprint density at radius 2 is 2.10 bits per heavy atom. The van der Waals surface area contributed by atoms with Gasteiger partial charge in [-0.2, -0.15) is 5.10 Å². The van der Waals surface area contributed by atoms with Crippen molar-refractivity contribution in [3.63, 3.8) is 0 Å². The van der Waals surface area contributed by atoms with Gasteiger partial charge in [0.25, 0.3) is 0 Å². The number of aryl methyl sites for hydroxylation is 2. The number of nitrogens with zero attached hydrogens (tertiary/aromatic N) is 2. The van der Waals surface area contributed by atoms with Gasteiger partial charge in [0.05, 0.1) is 11.4 Å². The Morgan fingerprint density at radius 1 is 1.35 bits per heavy atom. The molecule has 0 saturated heterocycles. The van der Waals surface area contributed by atoms with E-state index in [1.807, 2.05) is 36.9 Å². The SMILES string of the molecule is CCNC(C)c1ccccc1OCc1cc(C)nn1C. The minimum atomic E-state index is 0.282. The molecule has 2 aromatic rings. The van der Waals surface area contributed by atoms with Crippen molar-refractivity contribution in [2.45, 2.75) is 33.4 Å². The molecular formula is C16H23N3O. The lowest BCUT2D eigenvalue weighted by Gasteiger charge is -2.17.